The molecule has 0 radical (unpaired) electrons. The summed E-state index contributed by atoms with van der Waals surface area (Å²) in [4.78, 5) is 12.6. The molecular weight excluding hydrogens is 440 g/mol. The van der Waals surface area contributed by atoms with Crippen LogP contribution < -0.4 is 10.1 Å². The van der Waals surface area contributed by atoms with E-state index in [4.69, 9.17) is 4.74 Å². The maximum atomic E-state index is 12.8. The third-order valence-electron chi connectivity index (χ3n) is 4.24. The van der Waals surface area contributed by atoms with Gasteiger partial charge in [0.15, 0.2) is 0 Å². The first-order chi connectivity index (χ1) is 12.4. The molecule has 26 heavy (non-hydrogen) atoms. The zero-order chi connectivity index (χ0) is 18.7. The van der Waals surface area contributed by atoms with Gasteiger partial charge in [-0.1, -0.05) is 12.1 Å². The van der Waals surface area contributed by atoms with Crippen molar-refractivity contribution in [3.63, 3.8) is 0 Å². The summed E-state index contributed by atoms with van der Waals surface area (Å²) >= 11 is 4.44. The number of hydrogen-bond acceptors (Lipinski definition) is 5. The molecule has 1 fully saturated rings. The molecule has 3 rings (SSSR count). The third-order valence-corrected chi connectivity index (χ3v) is 8.24. The monoisotopic (exact) mass is 458 g/mol. The molecule has 1 N–H and O–H groups in total. The Kier molecular flexibility index (Phi) is 6.01. The highest BCUT2D eigenvalue weighted by molar-refractivity contribution is 9.11. The number of methoxy groups -OCH3 is 1. The second kappa shape index (κ2) is 8.08. The molecule has 1 aromatic carbocycles. The van der Waals surface area contributed by atoms with Crippen LogP contribution in [0.1, 0.15) is 18.4 Å². The molecule has 0 spiro atoms. The number of carbonyl (C=O) groups is 1. The van der Waals surface area contributed by atoms with E-state index < -0.39 is 16.1 Å². The van der Waals surface area contributed by atoms with E-state index in [1.165, 1.54) is 4.31 Å². The summed E-state index contributed by atoms with van der Waals surface area (Å²) in [5.41, 5.74) is 0.925. The Morgan fingerprint density at radius 3 is 2.65 bits per heavy atom. The van der Waals surface area contributed by atoms with Gasteiger partial charge in [0, 0.05) is 13.1 Å². The minimum Gasteiger partial charge on any atom is -0.497 e. The van der Waals surface area contributed by atoms with Crippen molar-refractivity contribution in [3.8, 4) is 5.75 Å². The number of amides is 1. The topological polar surface area (TPSA) is 75.7 Å². The van der Waals surface area contributed by atoms with Gasteiger partial charge in [-0.25, -0.2) is 8.42 Å². The quantitative estimate of drug-likeness (QED) is 0.721. The number of sulfonamides is 1. The smallest absolute Gasteiger partial charge is 0.253 e. The van der Waals surface area contributed by atoms with Crippen molar-refractivity contribution >= 4 is 43.2 Å². The summed E-state index contributed by atoms with van der Waals surface area (Å²) in [5.74, 6) is 0.479. The van der Waals surface area contributed by atoms with E-state index >= 15 is 0 Å². The van der Waals surface area contributed by atoms with Gasteiger partial charge < -0.3 is 10.1 Å². The van der Waals surface area contributed by atoms with E-state index in [0.29, 0.717) is 25.9 Å². The first kappa shape index (κ1) is 19.3. The number of ether oxygens (including phenoxy) is 1. The van der Waals surface area contributed by atoms with E-state index in [2.05, 4.69) is 21.2 Å². The maximum Gasteiger partial charge on any atom is 0.253 e. The number of hydrogen-bond donors (Lipinski definition) is 1. The Morgan fingerprint density at radius 2 is 2.04 bits per heavy atom. The first-order valence-electron chi connectivity index (χ1n) is 8.09. The zero-order valence-electron chi connectivity index (χ0n) is 14.1. The number of carbonyl (C=O) groups excluding carboxylic acids is 1. The van der Waals surface area contributed by atoms with Crippen molar-refractivity contribution in [1.82, 2.24) is 9.62 Å². The number of nitrogens with zero attached hydrogens (tertiary/aromatic N) is 1. The van der Waals surface area contributed by atoms with Crippen molar-refractivity contribution in [1.29, 1.82) is 0 Å². The van der Waals surface area contributed by atoms with Gasteiger partial charge in [0.1, 0.15) is 16.0 Å². The molecule has 1 unspecified atom stereocenters. The normalized spacial score (nSPS) is 18.0. The lowest BCUT2D eigenvalue weighted by molar-refractivity contribution is -0.124. The van der Waals surface area contributed by atoms with Crippen molar-refractivity contribution in [3.05, 3.63) is 45.7 Å². The molecule has 1 saturated heterocycles. The maximum absolute atomic E-state index is 12.8. The lowest BCUT2D eigenvalue weighted by atomic mass is 10.2. The van der Waals surface area contributed by atoms with E-state index in [-0.39, 0.29) is 10.1 Å². The number of nitrogens with one attached hydrogen (secondary N) is 1. The largest absolute Gasteiger partial charge is 0.497 e. The van der Waals surface area contributed by atoms with Crippen LogP contribution in [0.15, 0.2) is 44.4 Å². The Bertz CT molecular complexity index is 880. The summed E-state index contributed by atoms with van der Waals surface area (Å²) < 4.78 is 33.1. The van der Waals surface area contributed by atoms with Crippen LogP contribution in [0.4, 0.5) is 0 Å². The van der Waals surface area contributed by atoms with Gasteiger partial charge in [0.05, 0.1) is 10.9 Å². The van der Waals surface area contributed by atoms with Crippen LogP contribution in [0.25, 0.3) is 0 Å². The number of rotatable bonds is 6. The highest BCUT2D eigenvalue weighted by Gasteiger charge is 2.39. The first-order valence-corrected chi connectivity index (χ1v) is 11.1. The van der Waals surface area contributed by atoms with Gasteiger partial charge >= 0.3 is 0 Å². The van der Waals surface area contributed by atoms with Crippen LogP contribution >= 0.6 is 27.3 Å². The van der Waals surface area contributed by atoms with Gasteiger partial charge in [0.2, 0.25) is 5.91 Å². The van der Waals surface area contributed by atoms with Crippen LogP contribution in [0.3, 0.4) is 0 Å². The molecule has 1 amide bonds. The van der Waals surface area contributed by atoms with E-state index in [1.807, 2.05) is 24.3 Å². The second-order valence-corrected chi connectivity index (χ2v) is 10.5. The van der Waals surface area contributed by atoms with Crippen molar-refractivity contribution in [2.75, 3.05) is 13.7 Å². The molecule has 2 aromatic rings. The molecule has 140 valence electrons. The van der Waals surface area contributed by atoms with E-state index in [1.54, 1.807) is 19.2 Å². The summed E-state index contributed by atoms with van der Waals surface area (Å²) in [6, 6.07) is 9.97. The number of benzene rings is 1. The molecule has 0 saturated carbocycles. The Morgan fingerprint density at radius 1 is 1.31 bits per heavy atom. The van der Waals surface area contributed by atoms with Crippen molar-refractivity contribution in [2.45, 2.75) is 29.6 Å². The molecule has 1 atom stereocenters. The van der Waals surface area contributed by atoms with Gasteiger partial charge in [-0.15, -0.1) is 11.3 Å². The fraction of sp³-hybridized carbons (Fsp3) is 0.353. The summed E-state index contributed by atoms with van der Waals surface area (Å²) in [6.45, 7) is 0.705. The number of thiophene rings is 1. The molecule has 9 heteroatoms. The Hall–Kier alpha value is -1.42. The minimum atomic E-state index is -3.66. The van der Waals surface area contributed by atoms with E-state index in [0.717, 1.165) is 26.4 Å². The van der Waals surface area contributed by atoms with Crippen LogP contribution in [0, 0.1) is 0 Å². The Balaban J connectivity index is 1.68. The predicted molar refractivity (Wildman–Crippen MR) is 104 cm³/mol. The second-order valence-electron chi connectivity index (χ2n) is 5.90. The molecule has 1 aliphatic heterocycles. The van der Waals surface area contributed by atoms with Crippen LogP contribution in [-0.2, 0) is 21.4 Å². The fourth-order valence-corrected chi connectivity index (χ4v) is 6.69. The molecule has 2 heterocycles. The number of halogens is 1. The van der Waals surface area contributed by atoms with Crippen molar-refractivity contribution in [2.24, 2.45) is 0 Å². The predicted octanol–water partition coefficient (Wildman–Crippen LogP) is 2.99. The third kappa shape index (κ3) is 4.11. The van der Waals surface area contributed by atoms with Crippen molar-refractivity contribution < 1.29 is 17.9 Å². The van der Waals surface area contributed by atoms with Crippen LogP contribution in [0.5, 0.6) is 5.75 Å². The molecule has 1 aliphatic rings. The van der Waals surface area contributed by atoms with Crippen LogP contribution in [-0.4, -0.2) is 38.3 Å². The zero-order valence-corrected chi connectivity index (χ0v) is 17.4. The summed E-state index contributed by atoms with van der Waals surface area (Å²) in [5, 5.41) is 2.85. The molecule has 1 aromatic heterocycles. The van der Waals surface area contributed by atoms with Gasteiger partial charge in [-0.05, 0) is 58.6 Å². The lowest BCUT2D eigenvalue weighted by Gasteiger charge is -2.22. The minimum absolute atomic E-state index is 0.249. The van der Waals surface area contributed by atoms with Gasteiger partial charge in [0.25, 0.3) is 10.0 Å². The highest BCUT2D eigenvalue weighted by Crippen LogP contribution is 2.32. The lowest BCUT2D eigenvalue weighted by Crippen LogP contribution is -2.45. The van der Waals surface area contributed by atoms with Gasteiger partial charge in [-0.3, -0.25) is 4.79 Å². The van der Waals surface area contributed by atoms with E-state index in [9.17, 15) is 13.2 Å². The van der Waals surface area contributed by atoms with Crippen LogP contribution in [0.2, 0.25) is 0 Å². The molecular formula is C17H19BrN2O4S2. The summed E-state index contributed by atoms with van der Waals surface area (Å²) in [7, 11) is -2.06. The molecule has 0 aliphatic carbocycles. The molecule has 0 bridgehead atoms. The Labute approximate surface area is 165 Å². The average Bonchev–Trinajstić information content (AvgIpc) is 3.30. The van der Waals surface area contributed by atoms with Gasteiger partial charge in [-0.2, -0.15) is 4.31 Å². The fourth-order valence-electron chi connectivity index (χ4n) is 2.89. The highest BCUT2D eigenvalue weighted by atomic mass is 79.9. The summed E-state index contributed by atoms with van der Waals surface area (Å²) in [6.07, 6.45) is 1.20. The standard InChI is InChI=1S/C17H19BrN2O4S2/c1-24-13-6-4-12(5-7-13)11-19-17(21)14-3-2-10-20(14)26(22,23)16-9-8-15(18)25-16/h4-9,14H,2-3,10-11H2,1H3,(H,19,21). The average molecular weight is 459 g/mol. The SMILES string of the molecule is COc1ccc(CNC(=O)C2CCCN2S(=O)(=O)c2ccc(Br)s2)cc1. The molecule has 6 nitrogen and oxygen atoms in total.